The predicted molar refractivity (Wildman–Crippen MR) is 111 cm³/mol. The monoisotopic (exact) mass is 343 g/mol. The highest BCUT2D eigenvalue weighted by Gasteiger charge is 2.14. The van der Waals surface area contributed by atoms with Gasteiger partial charge in [0.25, 0.3) is 0 Å². The first kappa shape index (κ1) is 16.8. The van der Waals surface area contributed by atoms with E-state index in [4.69, 9.17) is 0 Å². The predicted octanol–water partition coefficient (Wildman–Crippen LogP) is 5.82. The van der Waals surface area contributed by atoms with E-state index in [1.165, 1.54) is 37.9 Å². The van der Waals surface area contributed by atoms with Gasteiger partial charge in [-0.15, -0.1) is 0 Å². The minimum Gasteiger partial charge on any atom is -0.352 e. The summed E-state index contributed by atoms with van der Waals surface area (Å²) < 4.78 is 0. The maximum absolute atomic E-state index is 12.1. The van der Waals surface area contributed by atoms with Crippen LogP contribution in [0.2, 0.25) is 0 Å². The number of carbonyl (C=O) groups excluding carboxylic acids is 1. The molecule has 0 fully saturated rings. The zero-order chi connectivity index (χ0) is 18.3. The Kier molecular flexibility index (Phi) is 4.07. The number of hydrogen-bond donors (Lipinski definition) is 1. The quantitative estimate of drug-likeness (QED) is 0.465. The fraction of sp³-hybridized carbons (Fsp3) is 0.292. The minimum absolute atomic E-state index is 0.134. The van der Waals surface area contributed by atoms with Crippen LogP contribution in [0.3, 0.4) is 0 Å². The first-order valence-electron chi connectivity index (χ1n) is 9.39. The van der Waals surface area contributed by atoms with E-state index in [0.29, 0.717) is 6.42 Å². The molecule has 0 unspecified atom stereocenters. The van der Waals surface area contributed by atoms with E-state index in [2.05, 4.69) is 59.9 Å². The molecule has 1 amide bonds. The van der Waals surface area contributed by atoms with Crippen molar-refractivity contribution in [1.82, 2.24) is 5.32 Å². The number of amides is 1. The van der Waals surface area contributed by atoms with Gasteiger partial charge in [0.15, 0.2) is 0 Å². The maximum atomic E-state index is 12.1. The molecule has 0 spiro atoms. The Morgan fingerprint density at radius 2 is 1.46 bits per heavy atom. The van der Waals surface area contributed by atoms with Crippen LogP contribution in [-0.2, 0) is 11.2 Å². The van der Waals surface area contributed by atoms with Crippen LogP contribution in [0.5, 0.6) is 0 Å². The second kappa shape index (κ2) is 6.28. The van der Waals surface area contributed by atoms with Crippen molar-refractivity contribution in [2.75, 3.05) is 0 Å². The standard InChI is InChI=1S/C24H25NO/c1-24(2,3)25-21(26)9-5-6-16-10-11-19-13-12-17-7-4-8-18-14-15-20(16)23(19)22(17)18/h4,7-8,10-15H,5-6,9H2,1-3H3,(H,25,26). The summed E-state index contributed by atoms with van der Waals surface area (Å²) in [5.41, 5.74) is 1.17. The number of benzene rings is 4. The highest BCUT2D eigenvalue weighted by Crippen LogP contribution is 2.36. The van der Waals surface area contributed by atoms with Crippen molar-refractivity contribution in [3.63, 3.8) is 0 Å². The van der Waals surface area contributed by atoms with Gasteiger partial charge in [0.2, 0.25) is 5.91 Å². The number of aryl methyl sites for hydroxylation is 1. The molecule has 132 valence electrons. The van der Waals surface area contributed by atoms with Gasteiger partial charge in [0.05, 0.1) is 0 Å². The Labute approximate surface area is 154 Å². The molecule has 4 aromatic carbocycles. The van der Waals surface area contributed by atoms with Crippen molar-refractivity contribution in [3.8, 4) is 0 Å². The number of nitrogens with one attached hydrogen (secondary N) is 1. The van der Waals surface area contributed by atoms with E-state index in [1.54, 1.807) is 0 Å². The normalized spacial score (nSPS) is 12.3. The van der Waals surface area contributed by atoms with Crippen LogP contribution in [0.15, 0.2) is 54.6 Å². The first-order chi connectivity index (χ1) is 12.4. The smallest absolute Gasteiger partial charge is 0.220 e. The van der Waals surface area contributed by atoms with Gasteiger partial charge in [-0.2, -0.15) is 0 Å². The lowest BCUT2D eigenvalue weighted by molar-refractivity contribution is -0.122. The fourth-order valence-electron chi connectivity index (χ4n) is 3.93. The summed E-state index contributed by atoms with van der Waals surface area (Å²) in [5.74, 6) is 0.134. The van der Waals surface area contributed by atoms with Crippen LogP contribution in [0, 0.1) is 0 Å². The molecule has 4 rings (SSSR count). The van der Waals surface area contributed by atoms with Gasteiger partial charge in [0, 0.05) is 12.0 Å². The molecule has 26 heavy (non-hydrogen) atoms. The van der Waals surface area contributed by atoms with Crippen LogP contribution in [0.4, 0.5) is 0 Å². The summed E-state index contributed by atoms with van der Waals surface area (Å²) in [4.78, 5) is 12.1. The largest absolute Gasteiger partial charge is 0.352 e. The molecule has 0 saturated carbocycles. The second-order valence-corrected chi connectivity index (χ2v) is 8.23. The molecule has 0 heterocycles. The summed E-state index contributed by atoms with van der Waals surface area (Å²) in [6, 6.07) is 19.8. The summed E-state index contributed by atoms with van der Waals surface area (Å²) in [6.07, 6.45) is 2.36. The van der Waals surface area contributed by atoms with E-state index in [1.807, 2.05) is 20.8 Å². The molecule has 0 aliphatic carbocycles. The number of carbonyl (C=O) groups is 1. The van der Waals surface area contributed by atoms with Crippen molar-refractivity contribution in [3.05, 3.63) is 60.2 Å². The molecule has 1 N–H and O–H groups in total. The van der Waals surface area contributed by atoms with Gasteiger partial charge >= 0.3 is 0 Å². The minimum atomic E-state index is -0.163. The highest BCUT2D eigenvalue weighted by molar-refractivity contribution is 6.23. The fourth-order valence-corrected chi connectivity index (χ4v) is 3.93. The summed E-state index contributed by atoms with van der Waals surface area (Å²) in [6.45, 7) is 6.06. The molecule has 4 aromatic rings. The molecule has 0 bridgehead atoms. The van der Waals surface area contributed by atoms with Gasteiger partial charge in [-0.25, -0.2) is 0 Å². The SMILES string of the molecule is CC(C)(C)NC(=O)CCCc1ccc2ccc3cccc4ccc1c2c34. The topological polar surface area (TPSA) is 29.1 Å². The van der Waals surface area contributed by atoms with Crippen LogP contribution in [0.1, 0.15) is 39.2 Å². The van der Waals surface area contributed by atoms with E-state index in [-0.39, 0.29) is 11.4 Å². The van der Waals surface area contributed by atoms with Crippen molar-refractivity contribution in [1.29, 1.82) is 0 Å². The van der Waals surface area contributed by atoms with Gasteiger partial charge in [-0.05, 0) is 71.5 Å². The van der Waals surface area contributed by atoms with Gasteiger partial charge in [0.1, 0.15) is 0 Å². The van der Waals surface area contributed by atoms with Gasteiger partial charge in [-0.3, -0.25) is 4.79 Å². The van der Waals surface area contributed by atoms with E-state index in [0.717, 1.165) is 12.8 Å². The Morgan fingerprint density at radius 1 is 0.846 bits per heavy atom. The van der Waals surface area contributed by atoms with Crippen molar-refractivity contribution in [2.45, 2.75) is 45.6 Å². The highest BCUT2D eigenvalue weighted by atomic mass is 16.1. The van der Waals surface area contributed by atoms with Crippen LogP contribution in [-0.4, -0.2) is 11.4 Å². The van der Waals surface area contributed by atoms with E-state index < -0.39 is 0 Å². The zero-order valence-electron chi connectivity index (χ0n) is 15.7. The van der Waals surface area contributed by atoms with Crippen molar-refractivity contribution in [2.24, 2.45) is 0 Å². The first-order valence-corrected chi connectivity index (χ1v) is 9.39. The Bertz CT molecular complexity index is 1070. The third-order valence-electron chi connectivity index (χ3n) is 4.98. The third-order valence-corrected chi connectivity index (χ3v) is 4.98. The molecular formula is C24H25NO. The zero-order valence-corrected chi connectivity index (χ0v) is 15.7. The van der Waals surface area contributed by atoms with Crippen LogP contribution >= 0.6 is 0 Å². The Hall–Kier alpha value is -2.61. The van der Waals surface area contributed by atoms with Gasteiger partial charge in [-0.1, -0.05) is 54.6 Å². The molecule has 0 aliphatic heterocycles. The molecule has 0 aromatic heterocycles. The van der Waals surface area contributed by atoms with Crippen LogP contribution < -0.4 is 5.32 Å². The van der Waals surface area contributed by atoms with Gasteiger partial charge < -0.3 is 5.32 Å². The molecule has 2 nitrogen and oxygen atoms in total. The summed E-state index contributed by atoms with van der Waals surface area (Å²) >= 11 is 0. The molecule has 0 aliphatic rings. The summed E-state index contributed by atoms with van der Waals surface area (Å²) in [5, 5.41) is 11.0. The summed E-state index contributed by atoms with van der Waals surface area (Å²) in [7, 11) is 0. The number of hydrogen-bond acceptors (Lipinski definition) is 1. The third kappa shape index (κ3) is 3.12. The number of rotatable bonds is 4. The second-order valence-electron chi connectivity index (χ2n) is 8.23. The van der Waals surface area contributed by atoms with Crippen molar-refractivity contribution >= 4 is 38.2 Å². The Morgan fingerprint density at radius 3 is 2.15 bits per heavy atom. The molecule has 0 saturated heterocycles. The lowest BCUT2D eigenvalue weighted by Crippen LogP contribution is -2.40. The average Bonchev–Trinajstić information content (AvgIpc) is 2.59. The maximum Gasteiger partial charge on any atom is 0.220 e. The Balaban J connectivity index is 1.65. The van der Waals surface area contributed by atoms with E-state index >= 15 is 0 Å². The van der Waals surface area contributed by atoms with E-state index in [9.17, 15) is 4.79 Å². The van der Waals surface area contributed by atoms with Crippen LogP contribution in [0.25, 0.3) is 32.3 Å². The average molecular weight is 343 g/mol. The molecule has 2 heteroatoms. The lowest BCUT2D eigenvalue weighted by atomic mass is 9.90. The van der Waals surface area contributed by atoms with Crippen molar-refractivity contribution < 1.29 is 4.79 Å². The molecular weight excluding hydrogens is 318 g/mol. The molecule has 0 atom stereocenters. The lowest BCUT2D eigenvalue weighted by Gasteiger charge is -2.20. The molecule has 0 radical (unpaired) electrons.